The van der Waals surface area contributed by atoms with Gasteiger partial charge in [0.2, 0.25) is 0 Å². The molecule has 0 bridgehead atoms. The van der Waals surface area contributed by atoms with Crippen LogP contribution in [-0.2, 0) is 0 Å². The van der Waals surface area contributed by atoms with Crippen molar-refractivity contribution in [3.05, 3.63) is 28.5 Å². The molecule has 1 N–H and O–H groups in total. The zero-order valence-corrected chi connectivity index (χ0v) is 10.3. The quantitative estimate of drug-likeness (QED) is 0.798. The Labute approximate surface area is 99.0 Å². The molecule has 1 aromatic rings. The number of nitrogens with one attached hydrogen (secondary N) is 1. The molecule has 2 rings (SSSR count). The van der Waals surface area contributed by atoms with Crippen molar-refractivity contribution in [2.75, 3.05) is 6.54 Å². The third kappa shape index (κ3) is 2.94. The molecule has 78 valence electrons. The molecular weight excluding hydrogens is 263 g/mol. The third-order valence-corrected chi connectivity index (χ3v) is 2.93. The van der Waals surface area contributed by atoms with E-state index in [-0.39, 0.29) is 12.4 Å². The Morgan fingerprint density at radius 3 is 2.79 bits per heavy atom. The lowest BCUT2D eigenvalue weighted by Crippen LogP contribution is -2.26. The number of piperidine rings is 1. The van der Waals surface area contributed by atoms with E-state index >= 15 is 0 Å². The summed E-state index contributed by atoms with van der Waals surface area (Å²) < 4.78 is 0.909. The maximum Gasteiger partial charge on any atom is 0.106 e. The number of nitrogens with zero attached hydrogens (tertiary/aromatic N) is 1. The van der Waals surface area contributed by atoms with Gasteiger partial charge in [-0.25, -0.2) is 4.98 Å². The van der Waals surface area contributed by atoms with E-state index in [0.29, 0.717) is 6.04 Å². The first-order valence-electron chi connectivity index (χ1n) is 4.71. The van der Waals surface area contributed by atoms with Gasteiger partial charge in [-0.05, 0) is 46.9 Å². The Morgan fingerprint density at radius 1 is 1.36 bits per heavy atom. The molecule has 0 amide bonds. The molecule has 0 radical (unpaired) electrons. The normalized spacial score (nSPS) is 21.4. The van der Waals surface area contributed by atoms with Crippen LogP contribution in [0.25, 0.3) is 0 Å². The van der Waals surface area contributed by atoms with Crippen molar-refractivity contribution in [1.82, 2.24) is 10.3 Å². The highest BCUT2D eigenvalue weighted by Gasteiger charge is 2.14. The van der Waals surface area contributed by atoms with Gasteiger partial charge in [0, 0.05) is 12.2 Å². The molecule has 1 aliphatic heterocycles. The zero-order valence-electron chi connectivity index (χ0n) is 7.87. The van der Waals surface area contributed by atoms with E-state index in [0.717, 1.165) is 11.1 Å². The van der Waals surface area contributed by atoms with Crippen molar-refractivity contribution in [3.8, 4) is 0 Å². The molecule has 0 spiro atoms. The lowest BCUT2D eigenvalue weighted by Gasteiger charge is -2.23. The summed E-state index contributed by atoms with van der Waals surface area (Å²) in [7, 11) is 0. The fraction of sp³-hybridized carbons (Fsp3) is 0.500. The van der Waals surface area contributed by atoms with Crippen LogP contribution in [-0.4, -0.2) is 11.5 Å². The molecule has 1 atom stereocenters. The van der Waals surface area contributed by atoms with E-state index in [2.05, 4.69) is 32.3 Å². The number of aromatic nitrogens is 1. The SMILES string of the molecule is Brc1ccc([C@H]2CCCCN2)cn1.Cl. The molecule has 1 saturated heterocycles. The van der Waals surface area contributed by atoms with Crippen molar-refractivity contribution in [2.45, 2.75) is 25.3 Å². The number of halogens is 2. The van der Waals surface area contributed by atoms with E-state index in [1.165, 1.54) is 24.8 Å². The average Bonchev–Trinajstić information content (AvgIpc) is 2.20. The van der Waals surface area contributed by atoms with Crippen LogP contribution in [0.5, 0.6) is 0 Å². The highest BCUT2D eigenvalue weighted by Crippen LogP contribution is 2.22. The summed E-state index contributed by atoms with van der Waals surface area (Å²) in [5.74, 6) is 0. The smallest absolute Gasteiger partial charge is 0.106 e. The number of hydrogen-bond donors (Lipinski definition) is 1. The predicted molar refractivity (Wildman–Crippen MR) is 63.8 cm³/mol. The molecule has 1 fully saturated rings. The summed E-state index contributed by atoms with van der Waals surface area (Å²) in [5.41, 5.74) is 1.31. The van der Waals surface area contributed by atoms with Crippen molar-refractivity contribution in [3.63, 3.8) is 0 Å². The number of hydrogen-bond acceptors (Lipinski definition) is 2. The zero-order chi connectivity index (χ0) is 9.10. The van der Waals surface area contributed by atoms with Gasteiger partial charge in [0.15, 0.2) is 0 Å². The van der Waals surface area contributed by atoms with E-state index in [1.54, 1.807) is 0 Å². The van der Waals surface area contributed by atoms with Gasteiger partial charge in [0.05, 0.1) is 0 Å². The van der Waals surface area contributed by atoms with Gasteiger partial charge in [-0.1, -0.05) is 12.5 Å². The molecule has 2 nitrogen and oxygen atoms in total. The van der Waals surface area contributed by atoms with Crippen molar-refractivity contribution >= 4 is 28.3 Å². The Balaban J connectivity index is 0.000000980. The lowest BCUT2D eigenvalue weighted by molar-refractivity contribution is 0.411. The molecule has 2 heterocycles. The molecule has 4 heteroatoms. The third-order valence-electron chi connectivity index (χ3n) is 2.46. The number of pyridine rings is 1. The van der Waals surface area contributed by atoms with Gasteiger partial charge in [-0.15, -0.1) is 12.4 Å². The van der Waals surface area contributed by atoms with Crippen LogP contribution < -0.4 is 5.32 Å². The average molecular weight is 278 g/mol. The molecule has 0 aromatic carbocycles. The lowest BCUT2D eigenvalue weighted by atomic mass is 9.99. The summed E-state index contributed by atoms with van der Waals surface area (Å²) >= 11 is 3.34. The Morgan fingerprint density at radius 2 is 2.21 bits per heavy atom. The van der Waals surface area contributed by atoms with Crippen LogP contribution in [0.15, 0.2) is 22.9 Å². The fourth-order valence-electron chi connectivity index (χ4n) is 1.73. The summed E-state index contributed by atoms with van der Waals surface area (Å²) in [5, 5.41) is 3.50. The van der Waals surface area contributed by atoms with Gasteiger partial charge in [0.1, 0.15) is 4.60 Å². The summed E-state index contributed by atoms with van der Waals surface area (Å²) in [4.78, 5) is 4.23. The van der Waals surface area contributed by atoms with Crippen LogP contribution >= 0.6 is 28.3 Å². The van der Waals surface area contributed by atoms with Gasteiger partial charge >= 0.3 is 0 Å². The van der Waals surface area contributed by atoms with E-state index in [9.17, 15) is 0 Å². The second kappa shape index (κ2) is 5.69. The minimum atomic E-state index is 0. The van der Waals surface area contributed by atoms with Gasteiger partial charge in [-0.3, -0.25) is 0 Å². The molecule has 1 aliphatic rings. The summed E-state index contributed by atoms with van der Waals surface area (Å²) in [6, 6.07) is 4.67. The maximum atomic E-state index is 4.23. The maximum absolute atomic E-state index is 4.23. The Bertz CT molecular complexity index is 270. The molecule has 1 aromatic heterocycles. The molecule has 0 saturated carbocycles. The Hall–Kier alpha value is -0.120. The van der Waals surface area contributed by atoms with Crippen LogP contribution in [0.1, 0.15) is 30.9 Å². The van der Waals surface area contributed by atoms with E-state index < -0.39 is 0 Å². The molecule has 0 aliphatic carbocycles. The first-order chi connectivity index (χ1) is 6.36. The van der Waals surface area contributed by atoms with Crippen LogP contribution in [0.4, 0.5) is 0 Å². The monoisotopic (exact) mass is 276 g/mol. The predicted octanol–water partition coefficient (Wildman–Crippen LogP) is 3.08. The first kappa shape index (κ1) is 12.0. The molecular formula is C10H14BrClN2. The van der Waals surface area contributed by atoms with Gasteiger partial charge in [0.25, 0.3) is 0 Å². The highest BCUT2D eigenvalue weighted by molar-refractivity contribution is 9.10. The Kier molecular flexibility index (Phi) is 4.85. The van der Waals surface area contributed by atoms with E-state index in [1.807, 2.05) is 12.3 Å². The second-order valence-electron chi connectivity index (χ2n) is 3.42. The second-order valence-corrected chi connectivity index (χ2v) is 4.23. The van der Waals surface area contributed by atoms with Crippen molar-refractivity contribution in [1.29, 1.82) is 0 Å². The van der Waals surface area contributed by atoms with Gasteiger partial charge in [-0.2, -0.15) is 0 Å². The minimum Gasteiger partial charge on any atom is -0.310 e. The molecule has 14 heavy (non-hydrogen) atoms. The van der Waals surface area contributed by atoms with E-state index in [4.69, 9.17) is 0 Å². The standard InChI is InChI=1S/C10H13BrN2.ClH/c11-10-5-4-8(7-13-10)9-3-1-2-6-12-9;/h4-5,7,9,12H,1-3,6H2;1H/t9-;/m1./s1. The highest BCUT2D eigenvalue weighted by atomic mass is 79.9. The largest absolute Gasteiger partial charge is 0.310 e. The topological polar surface area (TPSA) is 24.9 Å². The van der Waals surface area contributed by atoms with Crippen LogP contribution in [0.3, 0.4) is 0 Å². The summed E-state index contributed by atoms with van der Waals surface area (Å²) in [6.07, 6.45) is 5.82. The first-order valence-corrected chi connectivity index (χ1v) is 5.50. The van der Waals surface area contributed by atoms with Crippen molar-refractivity contribution in [2.24, 2.45) is 0 Å². The minimum absolute atomic E-state index is 0. The molecule has 0 unspecified atom stereocenters. The summed E-state index contributed by atoms with van der Waals surface area (Å²) in [6.45, 7) is 1.14. The van der Waals surface area contributed by atoms with Crippen LogP contribution in [0.2, 0.25) is 0 Å². The number of rotatable bonds is 1. The van der Waals surface area contributed by atoms with Crippen molar-refractivity contribution < 1.29 is 0 Å². The van der Waals surface area contributed by atoms with Gasteiger partial charge < -0.3 is 5.32 Å². The van der Waals surface area contributed by atoms with Crippen LogP contribution in [0, 0.1) is 0 Å². The fourth-order valence-corrected chi connectivity index (χ4v) is 1.96.